The Morgan fingerprint density at radius 3 is 2.67 bits per heavy atom. The molecule has 0 radical (unpaired) electrons. The third-order valence-electron chi connectivity index (χ3n) is 4.58. The fraction of sp³-hybridized carbons (Fsp3) is 0.300. The van der Waals surface area contributed by atoms with Crippen LogP contribution in [0.2, 0.25) is 0 Å². The Morgan fingerprint density at radius 1 is 1.19 bits per heavy atom. The van der Waals surface area contributed by atoms with E-state index in [0.717, 1.165) is 23.7 Å². The number of anilines is 2. The molecule has 0 saturated carbocycles. The van der Waals surface area contributed by atoms with E-state index in [1.54, 1.807) is 24.1 Å². The maximum absolute atomic E-state index is 12.6. The van der Waals surface area contributed by atoms with Crippen LogP contribution in [0.15, 0.2) is 52.3 Å². The van der Waals surface area contributed by atoms with Crippen molar-refractivity contribution in [3.05, 3.63) is 48.0 Å². The topological polar surface area (TPSA) is 61.4 Å². The molecule has 27 heavy (non-hydrogen) atoms. The summed E-state index contributed by atoms with van der Waals surface area (Å²) in [5.74, 6) is -0.216. The smallest absolute Gasteiger partial charge is 0.255 e. The number of thioether (sulfide) groups is 1. The fourth-order valence-electron chi connectivity index (χ4n) is 3.08. The minimum Gasteiger partial charge on any atom is -0.324 e. The largest absolute Gasteiger partial charge is 0.324 e. The second kappa shape index (κ2) is 7.96. The molecule has 140 valence electrons. The van der Waals surface area contributed by atoms with Crippen molar-refractivity contribution in [3.8, 4) is 0 Å². The van der Waals surface area contributed by atoms with E-state index >= 15 is 0 Å². The Hall–Kier alpha value is -1.96. The van der Waals surface area contributed by atoms with Gasteiger partial charge in [-0.1, -0.05) is 0 Å². The molecule has 1 saturated heterocycles. The van der Waals surface area contributed by atoms with Gasteiger partial charge in [-0.2, -0.15) is 0 Å². The summed E-state index contributed by atoms with van der Waals surface area (Å²) >= 11 is 3.28. The Morgan fingerprint density at radius 2 is 1.93 bits per heavy atom. The number of rotatable bonds is 4. The number of hydrogen-bond acceptors (Lipinski definition) is 5. The van der Waals surface area contributed by atoms with Gasteiger partial charge in [-0.25, -0.2) is 4.31 Å². The monoisotopic (exact) mass is 399 g/mol. The molecule has 2 heterocycles. The van der Waals surface area contributed by atoms with Crippen molar-refractivity contribution < 1.29 is 9.59 Å². The zero-order chi connectivity index (χ0) is 18.8. The van der Waals surface area contributed by atoms with Crippen molar-refractivity contribution in [2.75, 3.05) is 23.7 Å². The van der Waals surface area contributed by atoms with Gasteiger partial charge in [-0.05, 0) is 74.2 Å². The van der Waals surface area contributed by atoms with Gasteiger partial charge >= 0.3 is 0 Å². The molecular weight excluding hydrogens is 378 g/mol. The van der Waals surface area contributed by atoms with Crippen LogP contribution < -0.4 is 10.6 Å². The highest BCUT2D eigenvalue weighted by molar-refractivity contribution is 8.01. The van der Waals surface area contributed by atoms with Gasteiger partial charge in [0.25, 0.3) is 5.91 Å². The predicted molar refractivity (Wildman–Crippen MR) is 111 cm³/mol. The summed E-state index contributed by atoms with van der Waals surface area (Å²) in [4.78, 5) is 26.6. The summed E-state index contributed by atoms with van der Waals surface area (Å²) in [5.41, 5.74) is 1.99. The maximum atomic E-state index is 12.6. The summed E-state index contributed by atoms with van der Waals surface area (Å²) < 4.78 is 2.37. The number of nitrogens with one attached hydrogen (secondary N) is 2. The second-order valence-electron chi connectivity index (χ2n) is 6.67. The highest BCUT2D eigenvalue weighted by Gasteiger charge is 2.23. The van der Waals surface area contributed by atoms with Crippen LogP contribution in [0.3, 0.4) is 0 Å². The Bertz CT molecular complexity index is 864. The quantitative estimate of drug-likeness (QED) is 0.743. The lowest BCUT2D eigenvalue weighted by Gasteiger charge is -2.21. The van der Waals surface area contributed by atoms with Gasteiger partial charge in [0, 0.05) is 34.1 Å². The van der Waals surface area contributed by atoms with E-state index in [-0.39, 0.29) is 17.1 Å². The molecule has 2 aliphatic rings. The zero-order valence-corrected chi connectivity index (χ0v) is 16.7. The second-order valence-corrected chi connectivity index (χ2v) is 9.22. The van der Waals surface area contributed by atoms with Gasteiger partial charge in [0.1, 0.15) is 0 Å². The Labute approximate surface area is 167 Å². The van der Waals surface area contributed by atoms with E-state index in [1.165, 1.54) is 29.5 Å². The lowest BCUT2D eigenvalue weighted by atomic mass is 10.1. The van der Waals surface area contributed by atoms with Crippen LogP contribution in [-0.2, 0) is 4.79 Å². The average molecular weight is 400 g/mol. The van der Waals surface area contributed by atoms with Crippen molar-refractivity contribution in [2.45, 2.75) is 34.8 Å². The molecule has 0 aromatic heterocycles. The third kappa shape index (κ3) is 4.31. The minimum atomic E-state index is -0.185. The molecule has 2 aliphatic heterocycles. The molecule has 2 aromatic carbocycles. The normalized spacial score (nSPS) is 19.4. The molecular formula is C20H21N3O2S2. The van der Waals surface area contributed by atoms with Gasteiger partial charge in [0.15, 0.2) is 0 Å². The first-order valence-corrected chi connectivity index (χ1v) is 10.7. The van der Waals surface area contributed by atoms with E-state index in [9.17, 15) is 9.59 Å². The maximum Gasteiger partial charge on any atom is 0.255 e. The Kier molecular flexibility index (Phi) is 5.43. The van der Waals surface area contributed by atoms with Crippen molar-refractivity contribution in [2.24, 2.45) is 0 Å². The molecule has 1 unspecified atom stereocenters. The van der Waals surface area contributed by atoms with Crippen LogP contribution >= 0.6 is 23.7 Å². The molecule has 1 atom stereocenters. The standard InChI is InChI=1S/C20H21N3O2S2/c1-13-19(24)22-17-12-14(4-9-18(17)26-13)20(25)21-15-5-7-16(8-6-15)27-23-10-2-3-11-23/h4-9,12-13H,2-3,10-11H2,1H3,(H,21,25)(H,22,24). The molecule has 2 N–H and O–H groups in total. The van der Waals surface area contributed by atoms with Crippen LogP contribution in [0, 0.1) is 0 Å². The van der Waals surface area contributed by atoms with Crippen molar-refractivity contribution in [1.82, 2.24) is 4.31 Å². The lowest BCUT2D eigenvalue weighted by molar-refractivity contribution is -0.115. The first kappa shape index (κ1) is 18.4. The van der Waals surface area contributed by atoms with Gasteiger partial charge in [-0.15, -0.1) is 11.8 Å². The predicted octanol–water partition coefficient (Wildman–Crippen LogP) is 4.47. The Balaban J connectivity index is 1.41. The van der Waals surface area contributed by atoms with Crippen LogP contribution in [0.4, 0.5) is 11.4 Å². The van der Waals surface area contributed by atoms with Crippen LogP contribution in [0.1, 0.15) is 30.1 Å². The number of benzene rings is 2. The number of fused-ring (bicyclic) bond motifs is 1. The number of carbonyl (C=O) groups excluding carboxylic acids is 2. The number of nitrogens with zero attached hydrogens (tertiary/aromatic N) is 1. The average Bonchev–Trinajstić information content (AvgIpc) is 3.17. The first-order valence-electron chi connectivity index (χ1n) is 9.04. The van der Waals surface area contributed by atoms with Gasteiger partial charge < -0.3 is 10.6 Å². The van der Waals surface area contributed by atoms with Gasteiger partial charge in [-0.3, -0.25) is 9.59 Å². The van der Waals surface area contributed by atoms with Gasteiger partial charge in [0.05, 0.1) is 10.9 Å². The summed E-state index contributed by atoms with van der Waals surface area (Å²) in [5, 5.41) is 5.67. The highest BCUT2D eigenvalue weighted by Crippen LogP contribution is 2.36. The number of carbonyl (C=O) groups is 2. The van der Waals surface area contributed by atoms with Crippen LogP contribution in [-0.4, -0.2) is 34.5 Å². The molecule has 0 bridgehead atoms. The number of hydrogen-bond donors (Lipinski definition) is 2. The van der Waals surface area contributed by atoms with Crippen molar-refractivity contribution >= 4 is 46.9 Å². The minimum absolute atomic E-state index is 0.0313. The van der Waals surface area contributed by atoms with E-state index < -0.39 is 0 Å². The first-order chi connectivity index (χ1) is 13.1. The third-order valence-corrected chi connectivity index (χ3v) is 6.87. The molecule has 0 aliphatic carbocycles. The van der Waals surface area contributed by atoms with Gasteiger partial charge in [0.2, 0.25) is 5.91 Å². The van der Waals surface area contributed by atoms with E-state index in [2.05, 4.69) is 14.9 Å². The molecule has 0 spiro atoms. The lowest BCUT2D eigenvalue weighted by Crippen LogP contribution is -2.26. The number of amides is 2. The van der Waals surface area contributed by atoms with Crippen LogP contribution in [0.25, 0.3) is 0 Å². The summed E-state index contributed by atoms with van der Waals surface area (Å²) in [7, 11) is 0. The van der Waals surface area contributed by atoms with E-state index in [4.69, 9.17) is 0 Å². The molecule has 5 nitrogen and oxygen atoms in total. The molecule has 2 aromatic rings. The van der Waals surface area contributed by atoms with Crippen molar-refractivity contribution in [1.29, 1.82) is 0 Å². The molecule has 2 amide bonds. The van der Waals surface area contributed by atoms with E-state index in [1.807, 2.05) is 37.3 Å². The van der Waals surface area contributed by atoms with Crippen molar-refractivity contribution in [3.63, 3.8) is 0 Å². The van der Waals surface area contributed by atoms with E-state index in [0.29, 0.717) is 11.3 Å². The molecule has 4 rings (SSSR count). The summed E-state index contributed by atoms with van der Waals surface area (Å²) in [6.45, 7) is 4.14. The fourth-order valence-corrected chi connectivity index (χ4v) is 5.01. The zero-order valence-electron chi connectivity index (χ0n) is 15.0. The SMILES string of the molecule is CC1Sc2ccc(C(=O)Nc3ccc(SN4CCCC4)cc3)cc2NC1=O. The summed E-state index contributed by atoms with van der Waals surface area (Å²) in [6, 6.07) is 13.3. The van der Waals surface area contributed by atoms with Crippen LogP contribution in [0.5, 0.6) is 0 Å². The molecule has 7 heteroatoms. The molecule has 1 fully saturated rings. The summed E-state index contributed by atoms with van der Waals surface area (Å²) in [6.07, 6.45) is 2.53. The highest BCUT2D eigenvalue weighted by atomic mass is 32.2.